The molecule has 5 nitrogen and oxygen atoms in total. The highest BCUT2D eigenvalue weighted by atomic mass is 32.2. The minimum Gasteiger partial charge on any atom is -0.382 e. The van der Waals surface area contributed by atoms with Crippen LogP contribution in [0.3, 0.4) is 0 Å². The molecule has 0 heterocycles. The second-order valence-corrected chi connectivity index (χ2v) is 5.73. The number of aliphatic hydroxyl groups is 1. The molecule has 0 spiro atoms. The van der Waals surface area contributed by atoms with Crippen LogP contribution < -0.4 is 5.32 Å². The van der Waals surface area contributed by atoms with Crippen LogP contribution in [0, 0.1) is 0 Å². The van der Waals surface area contributed by atoms with Gasteiger partial charge in [0.25, 0.3) is 0 Å². The third-order valence-electron chi connectivity index (χ3n) is 2.59. The van der Waals surface area contributed by atoms with E-state index in [4.69, 9.17) is 5.11 Å². The SMILES string of the molecule is CN(C[C@@H](O)C(F)(F)F)C(=O)Nc1cccc([S@@](C)=O)c1. The Morgan fingerprint density at radius 2 is 2.10 bits per heavy atom. The lowest BCUT2D eigenvalue weighted by Crippen LogP contribution is -2.43. The third-order valence-corrected chi connectivity index (χ3v) is 3.51. The van der Waals surface area contributed by atoms with Gasteiger partial charge in [0, 0.05) is 34.7 Å². The highest BCUT2D eigenvalue weighted by Crippen LogP contribution is 2.20. The van der Waals surface area contributed by atoms with Gasteiger partial charge in [0.05, 0.1) is 6.54 Å². The van der Waals surface area contributed by atoms with E-state index < -0.39 is 35.7 Å². The molecule has 0 saturated carbocycles. The second-order valence-electron chi connectivity index (χ2n) is 4.35. The first-order valence-electron chi connectivity index (χ1n) is 5.81. The summed E-state index contributed by atoms with van der Waals surface area (Å²) in [7, 11) is -0.108. The lowest BCUT2D eigenvalue weighted by atomic mass is 10.3. The van der Waals surface area contributed by atoms with Crippen LogP contribution in [0.5, 0.6) is 0 Å². The fraction of sp³-hybridized carbons (Fsp3) is 0.417. The summed E-state index contributed by atoms with van der Waals surface area (Å²) in [5, 5.41) is 11.3. The van der Waals surface area contributed by atoms with Crippen molar-refractivity contribution >= 4 is 22.5 Å². The van der Waals surface area contributed by atoms with Crippen molar-refractivity contribution in [3.05, 3.63) is 24.3 Å². The molecule has 0 fully saturated rings. The summed E-state index contributed by atoms with van der Waals surface area (Å²) in [6.45, 7) is -0.880. The topological polar surface area (TPSA) is 69.6 Å². The Kier molecular flexibility index (Phi) is 5.73. The third kappa shape index (κ3) is 5.35. The molecule has 0 saturated heterocycles. The summed E-state index contributed by atoms with van der Waals surface area (Å²) in [4.78, 5) is 12.9. The van der Waals surface area contributed by atoms with Gasteiger partial charge in [0.2, 0.25) is 0 Å². The predicted octanol–water partition coefficient (Wildman–Crippen LogP) is 1.81. The second kappa shape index (κ2) is 6.90. The molecular weight excluding hydrogens is 309 g/mol. The Balaban J connectivity index is 2.68. The normalized spacial score (nSPS) is 14.4. The maximum Gasteiger partial charge on any atom is 0.416 e. The molecule has 21 heavy (non-hydrogen) atoms. The van der Waals surface area contributed by atoms with Gasteiger partial charge < -0.3 is 15.3 Å². The molecule has 0 radical (unpaired) electrons. The van der Waals surface area contributed by atoms with Gasteiger partial charge >= 0.3 is 12.2 Å². The Hall–Kier alpha value is -1.61. The number of benzene rings is 1. The molecule has 0 aliphatic rings. The van der Waals surface area contributed by atoms with Crippen LogP contribution in [0.1, 0.15) is 0 Å². The number of urea groups is 1. The summed E-state index contributed by atoms with van der Waals surface area (Å²) in [5.41, 5.74) is 0.307. The molecule has 9 heteroatoms. The highest BCUT2D eigenvalue weighted by molar-refractivity contribution is 7.84. The average molecular weight is 324 g/mol. The molecule has 2 amide bonds. The fourth-order valence-electron chi connectivity index (χ4n) is 1.42. The van der Waals surface area contributed by atoms with Gasteiger partial charge in [-0.15, -0.1) is 0 Å². The smallest absolute Gasteiger partial charge is 0.382 e. The lowest BCUT2D eigenvalue weighted by Gasteiger charge is -2.22. The molecule has 2 N–H and O–H groups in total. The number of amides is 2. The van der Waals surface area contributed by atoms with E-state index in [1.165, 1.54) is 18.4 Å². The predicted molar refractivity (Wildman–Crippen MR) is 72.5 cm³/mol. The van der Waals surface area contributed by atoms with Crippen molar-refractivity contribution in [2.45, 2.75) is 17.2 Å². The number of nitrogens with one attached hydrogen (secondary N) is 1. The number of nitrogens with zero attached hydrogens (tertiary/aromatic N) is 1. The van der Waals surface area contributed by atoms with Crippen LogP contribution in [-0.2, 0) is 10.8 Å². The fourth-order valence-corrected chi connectivity index (χ4v) is 1.98. The van der Waals surface area contributed by atoms with Crippen molar-refractivity contribution in [3.8, 4) is 0 Å². The largest absolute Gasteiger partial charge is 0.416 e. The van der Waals surface area contributed by atoms with Crippen LogP contribution in [0.4, 0.5) is 23.7 Å². The van der Waals surface area contributed by atoms with Gasteiger partial charge in [-0.1, -0.05) is 6.07 Å². The van der Waals surface area contributed by atoms with Crippen molar-refractivity contribution in [1.29, 1.82) is 0 Å². The van der Waals surface area contributed by atoms with Crippen LogP contribution in [0.15, 0.2) is 29.2 Å². The van der Waals surface area contributed by atoms with Crippen LogP contribution in [-0.4, -0.2) is 52.4 Å². The van der Waals surface area contributed by atoms with Crippen molar-refractivity contribution in [3.63, 3.8) is 0 Å². The molecule has 1 aromatic rings. The lowest BCUT2D eigenvalue weighted by molar-refractivity contribution is -0.205. The Bertz CT molecular complexity index is 537. The van der Waals surface area contributed by atoms with Crippen LogP contribution >= 0.6 is 0 Å². The summed E-state index contributed by atoms with van der Waals surface area (Å²) >= 11 is 0. The van der Waals surface area contributed by atoms with E-state index in [1.54, 1.807) is 12.1 Å². The van der Waals surface area contributed by atoms with Crippen molar-refractivity contribution < 1.29 is 27.3 Å². The number of carbonyl (C=O) groups excluding carboxylic acids is 1. The summed E-state index contributed by atoms with van der Waals surface area (Å²) in [5.74, 6) is 0. The molecular formula is C12H15F3N2O3S. The van der Waals surface area contributed by atoms with Gasteiger partial charge in [0.1, 0.15) is 0 Å². The maximum atomic E-state index is 12.2. The number of hydrogen-bond donors (Lipinski definition) is 2. The van der Waals surface area contributed by atoms with E-state index in [1.807, 2.05) is 0 Å². The molecule has 0 bridgehead atoms. The maximum absolute atomic E-state index is 12.2. The molecule has 0 aliphatic carbocycles. The standard InChI is InChI=1S/C12H15F3N2O3S/c1-17(7-10(18)12(13,14)15)11(19)16-8-4-3-5-9(6-8)21(2)20/h3-6,10,18H,7H2,1-2H3,(H,16,19)/t10-,21-/m1/s1. The minimum absolute atomic E-state index is 0.307. The number of hydrogen-bond acceptors (Lipinski definition) is 3. The Morgan fingerprint density at radius 1 is 1.48 bits per heavy atom. The Labute approximate surface area is 122 Å². The number of rotatable bonds is 4. The Morgan fingerprint density at radius 3 is 2.62 bits per heavy atom. The molecule has 0 aliphatic heterocycles. The first-order chi connectivity index (χ1) is 9.61. The zero-order valence-electron chi connectivity index (χ0n) is 11.3. The van der Waals surface area contributed by atoms with Gasteiger partial charge in [-0.2, -0.15) is 13.2 Å². The van der Waals surface area contributed by atoms with E-state index in [0.29, 0.717) is 15.5 Å². The van der Waals surface area contributed by atoms with Gasteiger partial charge in [-0.25, -0.2) is 4.79 Å². The molecule has 2 atom stereocenters. The molecule has 118 valence electrons. The van der Waals surface area contributed by atoms with E-state index in [9.17, 15) is 22.2 Å². The number of anilines is 1. The van der Waals surface area contributed by atoms with Crippen LogP contribution in [0.25, 0.3) is 0 Å². The van der Waals surface area contributed by atoms with Crippen molar-refractivity contribution in [1.82, 2.24) is 4.90 Å². The van der Waals surface area contributed by atoms with Gasteiger partial charge in [-0.3, -0.25) is 4.21 Å². The number of likely N-dealkylation sites (N-methyl/N-ethyl adjacent to an activating group) is 1. The minimum atomic E-state index is -4.78. The highest BCUT2D eigenvalue weighted by Gasteiger charge is 2.39. The van der Waals surface area contributed by atoms with Crippen molar-refractivity contribution in [2.24, 2.45) is 0 Å². The zero-order valence-corrected chi connectivity index (χ0v) is 12.2. The van der Waals surface area contributed by atoms with Gasteiger partial charge in [-0.05, 0) is 18.2 Å². The van der Waals surface area contributed by atoms with E-state index in [2.05, 4.69) is 5.32 Å². The number of alkyl halides is 3. The first-order valence-corrected chi connectivity index (χ1v) is 7.37. The summed E-state index contributed by atoms with van der Waals surface area (Å²) in [6, 6.07) is 5.33. The number of carbonyl (C=O) groups is 1. The summed E-state index contributed by atoms with van der Waals surface area (Å²) < 4.78 is 47.9. The molecule has 0 unspecified atom stereocenters. The molecule has 1 aromatic carbocycles. The van der Waals surface area contributed by atoms with E-state index in [-0.39, 0.29) is 0 Å². The molecule has 1 rings (SSSR count). The zero-order chi connectivity index (χ0) is 16.2. The van der Waals surface area contributed by atoms with E-state index >= 15 is 0 Å². The van der Waals surface area contributed by atoms with Gasteiger partial charge in [0.15, 0.2) is 6.10 Å². The quantitative estimate of drug-likeness (QED) is 0.887. The van der Waals surface area contributed by atoms with Crippen LogP contribution in [0.2, 0.25) is 0 Å². The van der Waals surface area contributed by atoms with Crippen molar-refractivity contribution in [2.75, 3.05) is 25.2 Å². The number of halogens is 3. The first kappa shape index (κ1) is 17.4. The monoisotopic (exact) mass is 324 g/mol. The average Bonchev–Trinajstić information content (AvgIpc) is 2.37. The summed E-state index contributed by atoms with van der Waals surface area (Å²) in [6.07, 6.45) is -5.93. The molecule has 0 aromatic heterocycles. The number of aliphatic hydroxyl groups excluding tert-OH is 1. The van der Waals surface area contributed by atoms with E-state index in [0.717, 1.165) is 7.05 Å².